The van der Waals surface area contributed by atoms with Gasteiger partial charge < -0.3 is 5.32 Å². The van der Waals surface area contributed by atoms with E-state index in [4.69, 9.17) is 11.6 Å². The van der Waals surface area contributed by atoms with E-state index >= 15 is 0 Å². The Balaban J connectivity index is 1.91. The summed E-state index contributed by atoms with van der Waals surface area (Å²) in [5.74, 6) is 0.434. The number of nitrogens with one attached hydrogen (secondary N) is 1. The average Bonchev–Trinajstić information content (AvgIpc) is 3.15. The van der Waals surface area contributed by atoms with Crippen molar-refractivity contribution in [1.29, 1.82) is 0 Å². The number of hydrogen-bond acceptors (Lipinski definition) is 2. The van der Waals surface area contributed by atoms with Gasteiger partial charge in [0.2, 0.25) is 0 Å². The first-order valence-electron chi connectivity index (χ1n) is 7.21. The smallest absolute Gasteiger partial charge is 0.0650 e. The van der Waals surface area contributed by atoms with Crippen LogP contribution in [0.4, 0.5) is 0 Å². The van der Waals surface area contributed by atoms with Crippen LogP contribution in [0, 0.1) is 0 Å². The SMILES string of the molecule is CC(C)c1c(CNC2CC2)cnn1-c1ccc(Cl)cc1. The van der Waals surface area contributed by atoms with Gasteiger partial charge in [0.05, 0.1) is 17.6 Å². The van der Waals surface area contributed by atoms with E-state index in [2.05, 4.69) is 24.3 Å². The zero-order valence-corrected chi connectivity index (χ0v) is 12.7. The second-order valence-corrected chi connectivity index (χ2v) is 6.19. The average molecular weight is 290 g/mol. The van der Waals surface area contributed by atoms with Crippen molar-refractivity contribution < 1.29 is 0 Å². The molecular formula is C16H20ClN3. The van der Waals surface area contributed by atoms with Gasteiger partial charge in [-0.25, -0.2) is 4.68 Å². The fraction of sp³-hybridized carbons (Fsp3) is 0.438. The van der Waals surface area contributed by atoms with Crippen molar-refractivity contribution in [3.63, 3.8) is 0 Å². The number of nitrogens with zero attached hydrogens (tertiary/aromatic N) is 2. The van der Waals surface area contributed by atoms with E-state index in [1.165, 1.54) is 24.1 Å². The van der Waals surface area contributed by atoms with E-state index < -0.39 is 0 Å². The van der Waals surface area contributed by atoms with E-state index in [-0.39, 0.29) is 0 Å². The van der Waals surface area contributed by atoms with E-state index in [0.29, 0.717) is 12.0 Å². The number of benzene rings is 1. The largest absolute Gasteiger partial charge is 0.310 e. The molecule has 0 spiro atoms. The highest BCUT2D eigenvalue weighted by atomic mass is 35.5. The molecular weight excluding hydrogens is 270 g/mol. The lowest BCUT2D eigenvalue weighted by atomic mass is 10.1. The molecule has 3 nitrogen and oxygen atoms in total. The Morgan fingerprint density at radius 2 is 2.00 bits per heavy atom. The van der Waals surface area contributed by atoms with Crippen molar-refractivity contribution in [2.45, 2.75) is 45.2 Å². The van der Waals surface area contributed by atoms with Crippen molar-refractivity contribution >= 4 is 11.6 Å². The van der Waals surface area contributed by atoms with Crippen LogP contribution in [-0.4, -0.2) is 15.8 Å². The molecule has 1 heterocycles. The molecule has 1 aliphatic carbocycles. The molecule has 0 unspecified atom stereocenters. The van der Waals surface area contributed by atoms with Crippen LogP contribution in [0.25, 0.3) is 5.69 Å². The van der Waals surface area contributed by atoms with Crippen LogP contribution in [-0.2, 0) is 6.54 Å². The minimum atomic E-state index is 0.434. The van der Waals surface area contributed by atoms with Gasteiger partial charge in [0.1, 0.15) is 0 Å². The summed E-state index contributed by atoms with van der Waals surface area (Å²) in [6, 6.07) is 8.56. The third-order valence-electron chi connectivity index (χ3n) is 3.66. The van der Waals surface area contributed by atoms with E-state index in [1.807, 2.05) is 35.1 Å². The molecule has 1 fully saturated rings. The van der Waals surface area contributed by atoms with Crippen LogP contribution >= 0.6 is 11.6 Å². The fourth-order valence-corrected chi connectivity index (χ4v) is 2.60. The highest BCUT2D eigenvalue weighted by molar-refractivity contribution is 6.30. The van der Waals surface area contributed by atoms with Gasteiger partial charge in [-0.15, -0.1) is 0 Å². The highest BCUT2D eigenvalue weighted by Gasteiger charge is 2.22. The summed E-state index contributed by atoms with van der Waals surface area (Å²) in [6.45, 7) is 5.33. The van der Waals surface area contributed by atoms with E-state index in [1.54, 1.807) is 0 Å². The van der Waals surface area contributed by atoms with Gasteiger partial charge in [-0.3, -0.25) is 0 Å². The molecule has 3 rings (SSSR count). The van der Waals surface area contributed by atoms with Gasteiger partial charge in [0, 0.05) is 23.2 Å². The van der Waals surface area contributed by atoms with Crippen molar-refractivity contribution in [2.24, 2.45) is 0 Å². The van der Waals surface area contributed by atoms with Gasteiger partial charge in [0.15, 0.2) is 0 Å². The van der Waals surface area contributed by atoms with Crippen molar-refractivity contribution in [3.05, 3.63) is 46.7 Å². The Morgan fingerprint density at radius 3 is 2.60 bits per heavy atom. The van der Waals surface area contributed by atoms with Gasteiger partial charge >= 0.3 is 0 Å². The molecule has 1 aliphatic rings. The summed E-state index contributed by atoms with van der Waals surface area (Å²) < 4.78 is 2.03. The Labute approximate surface area is 124 Å². The summed E-state index contributed by atoms with van der Waals surface area (Å²) in [4.78, 5) is 0. The number of aromatic nitrogens is 2. The maximum atomic E-state index is 5.96. The van der Waals surface area contributed by atoms with Gasteiger partial charge in [-0.05, 0) is 43.0 Å². The maximum Gasteiger partial charge on any atom is 0.0650 e. The van der Waals surface area contributed by atoms with Crippen LogP contribution in [0.1, 0.15) is 43.9 Å². The Morgan fingerprint density at radius 1 is 1.30 bits per heavy atom. The first-order valence-corrected chi connectivity index (χ1v) is 7.59. The minimum absolute atomic E-state index is 0.434. The third-order valence-corrected chi connectivity index (χ3v) is 3.91. The summed E-state index contributed by atoms with van der Waals surface area (Å²) >= 11 is 5.96. The summed E-state index contributed by atoms with van der Waals surface area (Å²) in [5.41, 5.74) is 3.64. The van der Waals surface area contributed by atoms with Gasteiger partial charge in [-0.1, -0.05) is 25.4 Å². The molecule has 20 heavy (non-hydrogen) atoms. The lowest BCUT2D eigenvalue weighted by Gasteiger charge is -2.13. The molecule has 0 radical (unpaired) electrons. The lowest BCUT2D eigenvalue weighted by molar-refractivity contribution is 0.666. The van der Waals surface area contributed by atoms with Crippen molar-refractivity contribution in [2.75, 3.05) is 0 Å². The normalized spacial score (nSPS) is 15.0. The summed E-state index contributed by atoms with van der Waals surface area (Å²) in [6.07, 6.45) is 4.60. The number of halogens is 1. The quantitative estimate of drug-likeness (QED) is 0.905. The first-order chi connectivity index (χ1) is 9.65. The molecule has 106 valence electrons. The third kappa shape index (κ3) is 2.89. The summed E-state index contributed by atoms with van der Waals surface area (Å²) in [7, 11) is 0. The predicted molar refractivity (Wildman–Crippen MR) is 82.5 cm³/mol. The van der Waals surface area contributed by atoms with Crippen molar-refractivity contribution in [1.82, 2.24) is 15.1 Å². The molecule has 0 bridgehead atoms. The zero-order valence-electron chi connectivity index (χ0n) is 11.9. The molecule has 1 aromatic carbocycles. The molecule has 2 aromatic rings. The molecule has 0 saturated heterocycles. The Hall–Kier alpha value is -1.32. The molecule has 1 aromatic heterocycles. The van der Waals surface area contributed by atoms with Gasteiger partial charge in [0.25, 0.3) is 0 Å². The molecule has 0 aliphatic heterocycles. The second-order valence-electron chi connectivity index (χ2n) is 5.75. The number of hydrogen-bond donors (Lipinski definition) is 1. The minimum Gasteiger partial charge on any atom is -0.310 e. The molecule has 1 N–H and O–H groups in total. The standard InChI is InChI=1S/C16H20ClN3/c1-11(2)16-12(9-18-14-5-6-14)10-19-20(16)15-7-3-13(17)4-8-15/h3-4,7-8,10-11,14,18H,5-6,9H2,1-2H3. The maximum absolute atomic E-state index is 5.96. The number of rotatable bonds is 5. The Bertz CT molecular complexity index is 582. The highest BCUT2D eigenvalue weighted by Crippen LogP contribution is 2.25. The molecule has 0 atom stereocenters. The molecule has 4 heteroatoms. The van der Waals surface area contributed by atoms with Crippen LogP contribution < -0.4 is 5.32 Å². The fourth-order valence-electron chi connectivity index (χ4n) is 2.47. The topological polar surface area (TPSA) is 29.9 Å². The van der Waals surface area contributed by atoms with Crippen LogP contribution in [0.2, 0.25) is 5.02 Å². The monoisotopic (exact) mass is 289 g/mol. The lowest BCUT2D eigenvalue weighted by Crippen LogP contribution is -2.17. The zero-order chi connectivity index (χ0) is 14.1. The Kier molecular flexibility index (Phi) is 3.81. The van der Waals surface area contributed by atoms with Crippen LogP contribution in [0.5, 0.6) is 0 Å². The second kappa shape index (κ2) is 5.58. The van der Waals surface area contributed by atoms with Gasteiger partial charge in [-0.2, -0.15) is 5.10 Å². The first kappa shape index (κ1) is 13.7. The molecule has 0 amide bonds. The van der Waals surface area contributed by atoms with E-state index in [9.17, 15) is 0 Å². The van der Waals surface area contributed by atoms with E-state index in [0.717, 1.165) is 17.3 Å². The predicted octanol–water partition coefficient (Wildman–Crippen LogP) is 3.90. The van der Waals surface area contributed by atoms with Crippen LogP contribution in [0.15, 0.2) is 30.5 Å². The van der Waals surface area contributed by atoms with Crippen LogP contribution in [0.3, 0.4) is 0 Å². The van der Waals surface area contributed by atoms with Crippen molar-refractivity contribution in [3.8, 4) is 5.69 Å². The molecule has 1 saturated carbocycles. The summed E-state index contributed by atoms with van der Waals surface area (Å²) in [5, 5.41) is 8.89.